The Hall–Kier alpha value is -1.42. The molecule has 0 aliphatic rings. The smallest absolute Gasteiger partial charge is 0.256 e. The fourth-order valence-corrected chi connectivity index (χ4v) is 0.811. The van der Waals surface area contributed by atoms with Crippen molar-refractivity contribution in [1.29, 1.82) is 0 Å². The van der Waals surface area contributed by atoms with Crippen molar-refractivity contribution in [2.75, 3.05) is 5.32 Å². The molecule has 0 unspecified atom stereocenters. The third-order valence-electron chi connectivity index (χ3n) is 1.71. The molecule has 0 aliphatic carbocycles. The molecule has 0 bridgehead atoms. The van der Waals surface area contributed by atoms with E-state index in [9.17, 15) is 9.90 Å². The molecule has 1 rings (SSSR count). The van der Waals surface area contributed by atoms with Gasteiger partial charge in [0.2, 0.25) is 0 Å². The Balaban J connectivity index is 2.71. The van der Waals surface area contributed by atoms with Crippen LogP contribution in [0.3, 0.4) is 0 Å². The number of pyridine rings is 1. The summed E-state index contributed by atoms with van der Waals surface area (Å²) >= 11 is 0. The molecule has 1 aromatic rings. The predicted molar refractivity (Wildman–Crippen MR) is 53.9 cm³/mol. The number of nitrogens with one attached hydrogen (secondary N) is 1. The van der Waals surface area contributed by atoms with Gasteiger partial charge in [0.15, 0.2) is 0 Å². The first-order valence-corrected chi connectivity index (χ1v) is 4.36. The molecule has 2 N–H and O–H groups in total. The summed E-state index contributed by atoms with van der Waals surface area (Å²) in [6.07, 6.45) is 1.65. The normalized spacial score (nSPS) is 11.1. The van der Waals surface area contributed by atoms with Gasteiger partial charge in [-0.05, 0) is 32.4 Å². The molecule has 0 saturated heterocycles. The minimum Gasteiger partial charge on any atom is -0.381 e. The third-order valence-corrected chi connectivity index (χ3v) is 1.71. The van der Waals surface area contributed by atoms with Crippen LogP contribution in [0.25, 0.3) is 0 Å². The van der Waals surface area contributed by atoms with E-state index >= 15 is 0 Å². The van der Waals surface area contributed by atoms with E-state index in [0.717, 1.165) is 5.56 Å². The fraction of sp³-hybridized carbons (Fsp3) is 0.400. The van der Waals surface area contributed by atoms with Gasteiger partial charge in [0.05, 0.1) is 0 Å². The van der Waals surface area contributed by atoms with Crippen molar-refractivity contribution < 1.29 is 9.90 Å². The zero-order chi connectivity index (χ0) is 10.8. The average Bonchev–Trinajstić information content (AvgIpc) is 2.07. The average molecular weight is 194 g/mol. The van der Waals surface area contributed by atoms with Crippen molar-refractivity contribution in [2.24, 2.45) is 0 Å². The summed E-state index contributed by atoms with van der Waals surface area (Å²) in [5.41, 5.74) is -0.363. The minimum atomic E-state index is -1.38. The van der Waals surface area contributed by atoms with Crippen molar-refractivity contribution in [1.82, 2.24) is 4.98 Å². The number of rotatable bonds is 2. The Labute approximate surface area is 83.0 Å². The largest absolute Gasteiger partial charge is 0.381 e. The van der Waals surface area contributed by atoms with E-state index in [4.69, 9.17) is 0 Å². The molecule has 0 aliphatic heterocycles. The lowest BCUT2D eigenvalue weighted by Crippen LogP contribution is -2.36. The maximum atomic E-state index is 11.3. The zero-order valence-electron chi connectivity index (χ0n) is 8.53. The van der Waals surface area contributed by atoms with Crippen LogP contribution in [0.4, 0.5) is 5.82 Å². The lowest BCUT2D eigenvalue weighted by Gasteiger charge is -2.15. The molecular weight excluding hydrogens is 180 g/mol. The molecule has 0 atom stereocenters. The molecule has 4 heteroatoms. The highest BCUT2D eigenvalue weighted by Crippen LogP contribution is 2.08. The number of aryl methyl sites for hydroxylation is 1. The van der Waals surface area contributed by atoms with Crippen LogP contribution in [0.1, 0.15) is 19.4 Å². The standard InChI is InChI=1S/C10H14N2O2/c1-7-4-5-8(11-6-7)12-9(13)10(2,3)14/h4-6,14H,1-3H3,(H,11,12,13). The van der Waals surface area contributed by atoms with Crippen LogP contribution in [0.15, 0.2) is 18.3 Å². The molecule has 1 heterocycles. The summed E-state index contributed by atoms with van der Waals surface area (Å²) in [7, 11) is 0. The highest BCUT2D eigenvalue weighted by molar-refractivity contribution is 5.95. The maximum Gasteiger partial charge on any atom is 0.256 e. The van der Waals surface area contributed by atoms with Gasteiger partial charge in [-0.2, -0.15) is 0 Å². The molecule has 0 spiro atoms. The third kappa shape index (κ3) is 2.81. The summed E-state index contributed by atoms with van der Waals surface area (Å²) < 4.78 is 0. The number of amides is 1. The monoisotopic (exact) mass is 194 g/mol. The maximum absolute atomic E-state index is 11.3. The van der Waals surface area contributed by atoms with Gasteiger partial charge in [0, 0.05) is 6.20 Å². The van der Waals surface area contributed by atoms with Gasteiger partial charge in [-0.25, -0.2) is 4.98 Å². The zero-order valence-corrected chi connectivity index (χ0v) is 8.53. The summed E-state index contributed by atoms with van der Waals surface area (Å²) in [5.74, 6) is -0.0171. The second-order valence-corrected chi connectivity index (χ2v) is 3.73. The van der Waals surface area contributed by atoms with Crippen molar-refractivity contribution >= 4 is 11.7 Å². The molecular formula is C10H14N2O2. The lowest BCUT2D eigenvalue weighted by atomic mass is 10.1. The number of anilines is 1. The number of carbonyl (C=O) groups is 1. The summed E-state index contributed by atoms with van der Waals surface area (Å²) in [4.78, 5) is 15.3. The van der Waals surface area contributed by atoms with Gasteiger partial charge in [-0.1, -0.05) is 6.07 Å². The van der Waals surface area contributed by atoms with Crippen molar-refractivity contribution in [3.8, 4) is 0 Å². The van der Waals surface area contributed by atoms with E-state index in [0.29, 0.717) is 5.82 Å². The topological polar surface area (TPSA) is 62.2 Å². The van der Waals surface area contributed by atoms with Crippen molar-refractivity contribution in [3.63, 3.8) is 0 Å². The SMILES string of the molecule is Cc1ccc(NC(=O)C(C)(C)O)nc1. The number of aromatic nitrogens is 1. The van der Waals surface area contributed by atoms with Crippen LogP contribution >= 0.6 is 0 Å². The first-order valence-electron chi connectivity index (χ1n) is 4.36. The van der Waals surface area contributed by atoms with E-state index in [1.54, 1.807) is 12.3 Å². The Bertz CT molecular complexity index is 325. The minimum absolute atomic E-state index is 0.447. The van der Waals surface area contributed by atoms with E-state index in [1.807, 2.05) is 13.0 Å². The van der Waals surface area contributed by atoms with Crippen molar-refractivity contribution in [3.05, 3.63) is 23.9 Å². The Morgan fingerprint density at radius 3 is 2.57 bits per heavy atom. The van der Waals surface area contributed by atoms with Crippen LogP contribution in [-0.2, 0) is 4.79 Å². The Kier molecular flexibility index (Phi) is 2.86. The summed E-state index contributed by atoms with van der Waals surface area (Å²) in [6, 6.07) is 3.53. The lowest BCUT2D eigenvalue weighted by molar-refractivity contribution is -0.130. The number of nitrogens with zero attached hydrogens (tertiary/aromatic N) is 1. The van der Waals surface area contributed by atoms with Crippen LogP contribution in [0, 0.1) is 6.92 Å². The highest BCUT2D eigenvalue weighted by atomic mass is 16.3. The summed E-state index contributed by atoms with van der Waals surface area (Å²) in [5, 5.41) is 11.9. The van der Waals surface area contributed by atoms with Gasteiger partial charge in [0.25, 0.3) is 5.91 Å². The second-order valence-electron chi connectivity index (χ2n) is 3.73. The molecule has 0 radical (unpaired) electrons. The van der Waals surface area contributed by atoms with Crippen molar-refractivity contribution in [2.45, 2.75) is 26.4 Å². The van der Waals surface area contributed by atoms with E-state index < -0.39 is 11.5 Å². The molecule has 1 aromatic heterocycles. The van der Waals surface area contributed by atoms with Gasteiger partial charge < -0.3 is 10.4 Å². The van der Waals surface area contributed by atoms with Gasteiger partial charge >= 0.3 is 0 Å². The Morgan fingerprint density at radius 2 is 2.14 bits per heavy atom. The highest BCUT2D eigenvalue weighted by Gasteiger charge is 2.23. The van der Waals surface area contributed by atoms with Crippen LogP contribution in [0.5, 0.6) is 0 Å². The van der Waals surface area contributed by atoms with Crippen LogP contribution in [-0.4, -0.2) is 21.6 Å². The van der Waals surface area contributed by atoms with E-state index in [1.165, 1.54) is 13.8 Å². The number of aliphatic hydroxyl groups is 1. The van der Waals surface area contributed by atoms with Gasteiger partial charge in [0.1, 0.15) is 11.4 Å². The van der Waals surface area contributed by atoms with Crippen LogP contribution in [0.2, 0.25) is 0 Å². The molecule has 14 heavy (non-hydrogen) atoms. The van der Waals surface area contributed by atoms with E-state index in [2.05, 4.69) is 10.3 Å². The molecule has 0 fully saturated rings. The van der Waals surface area contributed by atoms with Gasteiger partial charge in [-0.15, -0.1) is 0 Å². The second kappa shape index (κ2) is 3.75. The van der Waals surface area contributed by atoms with Crippen LogP contribution < -0.4 is 5.32 Å². The first kappa shape index (κ1) is 10.7. The van der Waals surface area contributed by atoms with E-state index in [-0.39, 0.29) is 0 Å². The molecule has 76 valence electrons. The predicted octanol–water partition coefficient (Wildman–Crippen LogP) is 1.10. The first-order chi connectivity index (χ1) is 6.39. The molecule has 1 amide bonds. The molecule has 4 nitrogen and oxygen atoms in total. The summed E-state index contributed by atoms with van der Waals surface area (Å²) in [6.45, 7) is 4.77. The number of hydrogen-bond donors (Lipinski definition) is 2. The van der Waals surface area contributed by atoms with Gasteiger partial charge in [-0.3, -0.25) is 4.79 Å². The number of carbonyl (C=O) groups excluding carboxylic acids is 1. The fourth-order valence-electron chi connectivity index (χ4n) is 0.811. The molecule has 0 aromatic carbocycles. The Morgan fingerprint density at radius 1 is 1.50 bits per heavy atom. The molecule has 0 saturated carbocycles. The quantitative estimate of drug-likeness (QED) is 0.741. The number of hydrogen-bond acceptors (Lipinski definition) is 3.